The summed E-state index contributed by atoms with van der Waals surface area (Å²) in [6, 6.07) is 71.3. The fourth-order valence-electron chi connectivity index (χ4n) is 11.1. The lowest BCUT2D eigenvalue weighted by Gasteiger charge is -2.52. The van der Waals surface area contributed by atoms with E-state index in [0.29, 0.717) is 0 Å². The lowest BCUT2D eigenvalue weighted by molar-refractivity contribution is 0.590. The second-order valence-electron chi connectivity index (χ2n) is 19.7. The zero-order valence-electron chi connectivity index (χ0n) is 36.8. The first kappa shape index (κ1) is 38.1. The van der Waals surface area contributed by atoms with Crippen molar-refractivity contribution in [3.8, 4) is 22.3 Å². The van der Waals surface area contributed by atoms with Gasteiger partial charge in [-0.15, -0.1) is 11.3 Å². The van der Waals surface area contributed by atoms with Crippen LogP contribution in [0, 0.1) is 0 Å². The maximum atomic E-state index is 2.75. The molecule has 2 nitrogen and oxygen atoms in total. The first-order chi connectivity index (χ1) is 30.5. The Hall–Kier alpha value is -6.62. The number of nitrogens with zero attached hydrogens (tertiary/aromatic N) is 2. The van der Waals surface area contributed by atoms with Gasteiger partial charge in [0.2, 0.25) is 0 Å². The van der Waals surface area contributed by atoms with Crippen molar-refractivity contribution in [1.82, 2.24) is 0 Å². The van der Waals surface area contributed by atoms with Crippen LogP contribution in [0.25, 0.3) is 32.3 Å². The van der Waals surface area contributed by atoms with Gasteiger partial charge in [0.05, 0.1) is 16.8 Å². The molecular weight excluding hydrogens is 780 g/mol. The fourth-order valence-corrected chi connectivity index (χ4v) is 12.3. The van der Waals surface area contributed by atoms with Crippen LogP contribution in [-0.2, 0) is 16.2 Å². The first-order valence-electron chi connectivity index (χ1n) is 22.4. The summed E-state index contributed by atoms with van der Waals surface area (Å²) in [5.74, 6) is 0. The van der Waals surface area contributed by atoms with Crippen molar-refractivity contribution in [3.63, 3.8) is 0 Å². The van der Waals surface area contributed by atoms with E-state index in [1.54, 1.807) is 0 Å². The van der Waals surface area contributed by atoms with Crippen molar-refractivity contribution >= 4 is 66.9 Å². The Balaban J connectivity index is 1.25. The lowest BCUT2D eigenvalue weighted by atomic mass is 9.44. The number of para-hydroxylation sites is 2. The summed E-state index contributed by atoms with van der Waals surface area (Å²) in [5, 5.41) is 1.29. The smallest absolute Gasteiger partial charge is 0.343 e. The lowest BCUT2D eigenvalue weighted by Crippen LogP contribution is -2.62. The molecule has 63 heavy (non-hydrogen) atoms. The van der Waals surface area contributed by atoms with E-state index in [4.69, 9.17) is 0 Å². The average Bonchev–Trinajstić information content (AvgIpc) is 3.69. The second kappa shape index (κ2) is 13.7. The third-order valence-corrected chi connectivity index (χ3v) is 15.2. The number of hydrogen-bond donors (Lipinski definition) is 0. The maximum Gasteiger partial charge on any atom is 0.343 e. The molecular formula is C59H49BN2S. The Morgan fingerprint density at radius 3 is 1.76 bits per heavy atom. The van der Waals surface area contributed by atoms with Gasteiger partial charge in [-0.3, -0.25) is 0 Å². The molecule has 9 aromatic rings. The molecule has 0 N–H and O–H groups in total. The van der Waals surface area contributed by atoms with E-state index in [0.717, 1.165) is 0 Å². The van der Waals surface area contributed by atoms with Crippen molar-refractivity contribution in [2.45, 2.75) is 57.8 Å². The summed E-state index contributed by atoms with van der Waals surface area (Å²) >= 11 is 1.96. The van der Waals surface area contributed by atoms with Gasteiger partial charge < -0.3 is 9.71 Å². The molecule has 12 rings (SSSR count). The molecule has 0 radical (unpaired) electrons. The fraction of sp³-hybridized carbons (Fsp3) is 0.153. The van der Waals surface area contributed by atoms with E-state index in [1.165, 1.54) is 104 Å². The van der Waals surface area contributed by atoms with Gasteiger partial charge in [-0.05, 0) is 91.1 Å². The average molecular weight is 829 g/mol. The van der Waals surface area contributed by atoms with Crippen molar-refractivity contribution in [2.24, 2.45) is 0 Å². The summed E-state index contributed by atoms with van der Waals surface area (Å²) in [4.78, 5) is 5.41. The van der Waals surface area contributed by atoms with Crippen molar-refractivity contribution in [2.75, 3.05) is 9.71 Å². The van der Waals surface area contributed by atoms with Crippen LogP contribution in [0.1, 0.15) is 74.9 Å². The van der Waals surface area contributed by atoms with Crippen LogP contribution >= 0.6 is 11.3 Å². The Morgan fingerprint density at radius 2 is 1.06 bits per heavy atom. The van der Waals surface area contributed by atoms with Crippen LogP contribution in [0.15, 0.2) is 188 Å². The normalized spacial score (nSPS) is 14.5. The topological polar surface area (TPSA) is 6.48 Å². The van der Waals surface area contributed by atoms with Crippen molar-refractivity contribution in [1.29, 1.82) is 0 Å². The van der Waals surface area contributed by atoms with Crippen LogP contribution in [-0.4, -0.2) is 6.85 Å². The van der Waals surface area contributed by atoms with Gasteiger partial charge in [0.1, 0.15) is 0 Å². The third kappa shape index (κ3) is 5.44. The molecule has 0 bridgehead atoms. The highest BCUT2D eigenvalue weighted by atomic mass is 32.1. The van der Waals surface area contributed by atoms with E-state index in [1.807, 2.05) is 11.3 Å². The molecule has 0 spiro atoms. The Morgan fingerprint density at radius 1 is 0.460 bits per heavy atom. The number of anilines is 5. The molecule has 0 aliphatic carbocycles. The summed E-state index contributed by atoms with van der Waals surface area (Å²) in [7, 11) is 0. The van der Waals surface area contributed by atoms with Gasteiger partial charge in [-0.2, -0.15) is 0 Å². The number of rotatable bonds is 4. The van der Waals surface area contributed by atoms with E-state index in [-0.39, 0.29) is 17.7 Å². The minimum absolute atomic E-state index is 0.0155. The monoisotopic (exact) mass is 828 g/mol. The quantitative estimate of drug-likeness (QED) is 0.163. The van der Waals surface area contributed by atoms with Gasteiger partial charge in [0.25, 0.3) is 0 Å². The zero-order valence-corrected chi connectivity index (χ0v) is 37.6. The molecule has 0 atom stereocenters. The second-order valence-corrected chi connectivity index (χ2v) is 20.8. The Kier molecular flexibility index (Phi) is 8.28. The minimum atomic E-state index is -0.550. The van der Waals surface area contributed by atoms with E-state index in [9.17, 15) is 0 Å². The number of benzene rings is 8. The first-order valence-corrected chi connectivity index (χ1v) is 23.2. The van der Waals surface area contributed by atoms with E-state index < -0.39 is 5.41 Å². The van der Waals surface area contributed by atoms with Crippen LogP contribution in [0.4, 0.5) is 28.4 Å². The molecule has 8 aromatic carbocycles. The molecule has 0 unspecified atom stereocenters. The van der Waals surface area contributed by atoms with Crippen LogP contribution in [0.5, 0.6) is 0 Å². The molecule has 1 aromatic heterocycles. The maximum absolute atomic E-state index is 2.75. The SMILES string of the molecule is CC(C)(C)c1ccc(N2c3cc(C(C)(C)C)cc4c3B(c3sc5ccccc5c32)N2c3ccccc3C(c3ccccc3)(c3ccccc3)c3cccc-4c32)c(-c2ccccc2)c1. The van der Waals surface area contributed by atoms with E-state index in [2.05, 4.69) is 239 Å². The summed E-state index contributed by atoms with van der Waals surface area (Å²) < 4.78 is 2.67. The highest BCUT2D eigenvalue weighted by Gasteiger charge is 2.54. The van der Waals surface area contributed by atoms with Gasteiger partial charge in [0.15, 0.2) is 0 Å². The van der Waals surface area contributed by atoms with Crippen LogP contribution in [0.2, 0.25) is 0 Å². The zero-order chi connectivity index (χ0) is 42.8. The minimum Gasteiger partial charge on any atom is -0.375 e. The number of thiophene rings is 1. The van der Waals surface area contributed by atoms with Crippen molar-refractivity contribution in [3.05, 3.63) is 221 Å². The molecule has 0 fully saturated rings. The highest BCUT2D eigenvalue weighted by molar-refractivity contribution is 7.32. The van der Waals surface area contributed by atoms with Gasteiger partial charge in [-0.25, -0.2) is 0 Å². The Labute approximate surface area is 376 Å². The van der Waals surface area contributed by atoms with Crippen LogP contribution in [0.3, 0.4) is 0 Å². The van der Waals surface area contributed by atoms with Crippen LogP contribution < -0.4 is 20.0 Å². The predicted octanol–water partition coefficient (Wildman–Crippen LogP) is 14.6. The Bertz CT molecular complexity index is 3220. The third-order valence-electron chi connectivity index (χ3n) is 14.0. The molecule has 4 heterocycles. The van der Waals surface area contributed by atoms with Gasteiger partial charge in [-0.1, -0.05) is 199 Å². The predicted molar refractivity (Wildman–Crippen MR) is 270 cm³/mol. The standard InChI is InChI=1S/C59H49BN2S/c1-57(2,3)41-33-34-49(45(35-41)38-21-10-7-11-22-38)61-51-37-42(58(4,5)6)36-46-43-28-20-30-48-54(43)62(60(53(46)51)56-55(61)44-27-16-19-32-52(44)63-56)50-31-18-17-29-47(50)59(48,39-23-12-8-13-24-39)40-25-14-9-15-26-40/h7-37H,1-6H3. The van der Waals surface area contributed by atoms with Crippen molar-refractivity contribution < 1.29 is 0 Å². The molecule has 4 heteroatoms. The highest BCUT2D eigenvalue weighted by Crippen LogP contribution is 2.61. The molecule has 0 saturated carbocycles. The van der Waals surface area contributed by atoms with E-state index >= 15 is 0 Å². The van der Waals surface area contributed by atoms with Gasteiger partial charge >= 0.3 is 6.85 Å². The molecule has 0 amide bonds. The number of hydrogen-bond acceptors (Lipinski definition) is 3. The molecule has 3 aliphatic rings. The summed E-state index contributed by atoms with van der Waals surface area (Å²) in [5.41, 5.74) is 19.9. The summed E-state index contributed by atoms with van der Waals surface area (Å²) in [6.07, 6.45) is 0. The largest absolute Gasteiger partial charge is 0.375 e. The molecule has 0 saturated heterocycles. The van der Waals surface area contributed by atoms with Gasteiger partial charge in [0, 0.05) is 43.1 Å². The molecule has 3 aliphatic heterocycles. The molecule has 304 valence electrons. The number of fused-ring (bicyclic) bond motifs is 8. The summed E-state index contributed by atoms with van der Waals surface area (Å²) in [6.45, 7) is 14.0.